The normalized spacial score (nSPS) is 17.4. The minimum Gasteiger partial charge on any atom is -0.482 e. The van der Waals surface area contributed by atoms with E-state index in [1.54, 1.807) is 18.2 Å². The Kier molecular flexibility index (Phi) is 6.69. The van der Waals surface area contributed by atoms with Gasteiger partial charge in [0.15, 0.2) is 12.4 Å². The largest absolute Gasteiger partial charge is 0.482 e. The molecule has 1 aliphatic carbocycles. The van der Waals surface area contributed by atoms with Gasteiger partial charge in [0.05, 0.1) is 5.60 Å². The van der Waals surface area contributed by atoms with Crippen molar-refractivity contribution in [2.45, 2.75) is 31.3 Å². The molecule has 1 unspecified atom stereocenters. The second kappa shape index (κ2) is 10.2. The van der Waals surface area contributed by atoms with Crippen LogP contribution in [0.15, 0.2) is 95.4 Å². The summed E-state index contributed by atoms with van der Waals surface area (Å²) in [4.78, 5) is 15.8. The molecule has 0 radical (unpaired) electrons. The van der Waals surface area contributed by atoms with Crippen LogP contribution in [0.5, 0.6) is 5.75 Å². The van der Waals surface area contributed by atoms with Gasteiger partial charge in [-0.2, -0.15) is 0 Å². The van der Waals surface area contributed by atoms with Gasteiger partial charge in [-0.25, -0.2) is 9.78 Å². The van der Waals surface area contributed by atoms with E-state index in [-0.39, 0.29) is 0 Å². The second-order valence-electron chi connectivity index (χ2n) is 8.98. The Hall–Kier alpha value is -4.16. The summed E-state index contributed by atoms with van der Waals surface area (Å²) in [5.74, 6) is 0.487. The number of allylic oxidation sites excluding steroid dienone is 1. The van der Waals surface area contributed by atoms with Crippen LogP contribution in [0.4, 0.5) is 0 Å². The van der Waals surface area contributed by atoms with Gasteiger partial charge in [-0.1, -0.05) is 78.9 Å². The number of ether oxygens (including phenoxy) is 1. The molecule has 2 N–H and O–H groups in total. The van der Waals surface area contributed by atoms with E-state index in [4.69, 9.17) is 19.2 Å². The maximum Gasteiger partial charge on any atom is 0.341 e. The highest BCUT2D eigenvalue weighted by Crippen LogP contribution is 2.42. The Labute approximate surface area is 209 Å². The minimum atomic E-state index is -1.18. The third kappa shape index (κ3) is 5.09. The van der Waals surface area contributed by atoms with Crippen LogP contribution in [-0.4, -0.2) is 33.4 Å². The number of hydrogen-bond donors (Lipinski definition) is 2. The molecule has 0 spiro atoms. The third-order valence-electron chi connectivity index (χ3n) is 6.34. The van der Waals surface area contributed by atoms with Crippen molar-refractivity contribution in [1.82, 2.24) is 4.98 Å². The fourth-order valence-corrected chi connectivity index (χ4v) is 4.68. The molecule has 0 fully saturated rings. The van der Waals surface area contributed by atoms with Gasteiger partial charge in [-0.3, -0.25) is 0 Å². The fourth-order valence-electron chi connectivity index (χ4n) is 4.68. The molecule has 6 heteroatoms. The van der Waals surface area contributed by atoms with Gasteiger partial charge in [0, 0.05) is 23.1 Å². The van der Waals surface area contributed by atoms with Gasteiger partial charge in [0.1, 0.15) is 11.4 Å². The molecule has 0 saturated carbocycles. The van der Waals surface area contributed by atoms with Crippen LogP contribution in [0.2, 0.25) is 0 Å². The Morgan fingerprint density at radius 1 is 0.972 bits per heavy atom. The molecule has 1 heterocycles. The number of aromatic nitrogens is 1. The van der Waals surface area contributed by atoms with Gasteiger partial charge < -0.3 is 19.4 Å². The summed E-state index contributed by atoms with van der Waals surface area (Å²) in [5.41, 5.74) is 2.91. The van der Waals surface area contributed by atoms with E-state index in [2.05, 4.69) is 0 Å². The van der Waals surface area contributed by atoms with Crippen molar-refractivity contribution < 1.29 is 24.2 Å². The first kappa shape index (κ1) is 23.6. The fraction of sp³-hybridized carbons (Fsp3) is 0.200. The predicted molar refractivity (Wildman–Crippen MR) is 137 cm³/mol. The molecule has 182 valence electrons. The molecule has 6 nitrogen and oxygen atoms in total. The molecule has 1 aromatic heterocycles. The number of nitrogens with zero attached hydrogens (tertiary/aromatic N) is 1. The second-order valence-corrected chi connectivity index (χ2v) is 8.98. The highest BCUT2D eigenvalue weighted by Gasteiger charge is 2.38. The van der Waals surface area contributed by atoms with Gasteiger partial charge >= 0.3 is 5.97 Å². The third-order valence-corrected chi connectivity index (χ3v) is 6.34. The Morgan fingerprint density at radius 3 is 2.42 bits per heavy atom. The molecule has 5 rings (SSSR count). The highest BCUT2D eigenvalue weighted by molar-refractivity contribution is 5.80. The van der Waals surface area contributed by atoms with E-state index < -0.39 is 18.2 Å². The number of carbonyl (C=O) groups is 1. The SMILES string of the molecule is O=C(O)COc1cccc(CC2(O)CCCC=C2c2nc(-c3ccccc3)c(-c3ccccc3)o2)c1. The maximum atomic E-state index is 11.9. The van der Waals surface area contributed by atoms with Crippen LogP contribution < -0.4 is 4.74 Å². The number of carboxylic acids is 1. The topological polar surface area (TPSA) is 92.8 Å². The van der Waals surface area contributed by atoms with E-state index in [0.29, 0.717) is 35.8 Å². The van der Waals surface area contributed by atoms with E-state index in [0.717, 1.165) is 35.2 Å². The first-order chi connectivity index (χ1) is 17.5. The molecule has 4 aromatic rings. The van der Waals surface area contributed by atoms with E-state index >= 15 is 0 Å². The number of hydrogen-bond acceptors (Lipinski definition) is 5. The summed E-state index contributed by atoms with van der Waals surface area (Å²) in [6.07, 6.45) is 4.56. The number of benzene rings is 3. The van der Waals surface area contributed by atoms with Crippen molar-refractivity contribution in [3.05, 3.63) is 102 Å². The van der Waals surface area contributed by atoms with Crippen LogP contribution in [0.25, 0.3) is 28.2 Å². The molecular formula is C30H27NO5. The molecule has 3 aromatic carbocycles. The average Bonchev–Trinajstić information content (AvgIpc) is 3.34. The molecule has 1 atom stereocenters. The first-order valence-corrected chi connectivity index (χ1v) is 12.0. The van der Waals surface area contributed by atoms with Gasteiger partial charge in [0.2, 0.25) is 5.89 Å². The quantitative estimate of drug-likeness (QED) is 0.320. The smallest absolute Gasteiger partial charge is 0.341 e. The molecule has 0 saturated heterocycles. The Bertz CT molecular complexity index is 1320. The minimum absolute atomic E-state index is 0.326. The molecule has 1 aliphatic rings. The number of oxazole rings is 1. The first-order valence-electron chi connectivity index (χ1n) is 12.0. The van der Waals surface area contributed by atoms with Crippen LogP contribution in [0.1, 0.15) is 30.7 Å². The number of carboxylic acid groups (broad SMARTS) is 1. The van der Waals surface area contributed by atoms with E-state index in [9.17, 15) is 9.90 Å². The zero-order valence-corrected chi connectivity index (χ0v) is 19.8. The zero-order chi connectivity index (χ0) is 25.0. The van der Waals surface area contributed by atoms with Crippen molar-refractivity contribution in [2.75, 3.05) is 6.61 Å². The van der Waals surface area contributed by atoms with Crippen molar-refractivity contribution in [2.24, 2.45) is 0 Å². The van der Waals surface area contributed by atoms with Gasteiger partial charge in [-0.05, 0) is 37.0 Å². The number of aliphatic carboxylic acids is 1. The lowest BCUT2D eigenvalue weighted by atomic mass is 9.78. The molecule has 36 heavy (non-hydrogen) atoms. The average molecular weight is 482 g/mol. The molecule has 0 aliphatic heterocycles. The summed E-state index contributed by atoms with van der Waals surface area (Å²) < 4.78 is 11.7. The van der Waals surface area contributed by atoms with Crippen molar-refractivity contribution in [3.63, 3.8) is 0 Å². The van der Waals surface area contributed by atoms with Crippen molar-refractivity contribution in [3.8, 4) is 28.3 Å². The number of aliphatic hydroxyl groups is 1. The Morgan fingerprint density at radius 2 is 1.69 bits per heavy atom. The summed E-state index contributed by atoms with van der Waals surface area (Å²) in [6, 6.07) is 26.9. The van der Waals surface area contributed by atoms with Crippen molar-refractivity contribution in [1.29, 1.82) is 0 Å². The lowest BCUT2D eigenvalue weighted by molar-refractivity contribution is -0.139. The maximum absolute atomic E-state index is 11.9. The van der Waals surface area contributed by atoms with Gasteiger partial charge in [-0.15, -0.1) is 0 Å². The van der Waals surface area contributed by atoms with Crippen molar-refractivity contribution >= 4 is 11.5 Å². The summed E-state index contributed by atoms with van der Waals surface area (Å²) >= 11 is 0. The molecule has 0 bridgehead atoms. The van der Waals surface area contributed by atoms with Crippen LogP contribution in [0, 0.1) is 0 Å². The van der Waals surface area contributed by atoms with Gasteiger partial charge in [0.25, 0.3) is 0 Å². The standard InChI is InChI=1S/C30H27NO5/c32-26(33)20-35-24-15-9-10-21(18-24)19-30(34)17-8-7-16-25(30)29-31-27(22-11-3-1-4-12-22)28(36-29)23-13-5-2-6-14-23/h1-6,9-16,18,34H,7-8,17,19-20H2,(H,32,33). The molecular weight excluding hydrogens is 454 g/mol. The lowest BCUT2D eigenvalue weighted by Gasteiger charge is -2.32. The molecule has 0 amide bonds. The van der Waals surface area contributed by atoms with E-state index in [1.807, 2.05) is 72.8 Å². The Balaban J connectivity index is 1.51. The van der Waals surface area contributed by atoms with Crippen LogP contribution in [0.3, 0.4) is 0 Å². The monoisotopic (exact) mass is 481 g/mol. The summed E-state index contributed by atoms with van der Waals surface area (Å²) in [6.45, 7) is -0.417. The van der Waals surface area contributed by atoms with Crippen LogP contribution >= 0.6 is 0 Å². The highest BCUT2D eigenvalue weighted by atomic mass is 16.5. The van der Waals surface area contributed by atoms with Crippen LogP contribution in [-0.2, 0) is 11.2 Å². The summed E-state index contributed by atoms with van der Waals surface area (Å²) in [5, 5.41) is 20.8. The number of rotatable bonds is 8. The van der Waals surface area contributed by atoms with E-state index in [1.165, 1.54) is 0 Å². The summed E-state index contributed by atoms with van der Waals surface area (Å²) in [7, 11) is 0. The predicted octanol–water partition coefficient (Wildman–Crippen LogP) is 6.01. The lowest BCUT2D eigenvalue weighted by Crippen LogP contribution is -2.35. The zero-order valence-electron chi connectivity index (χ0n) is 19.8.